The first-order chi connectivity index (χ1) is 9.70. The lowest BCUT2D eigenvalue weighted by Crippen LogP contribution is -2.25. The van der Waals surface area contributed by atoms with Crippen LogP contribution >= 0.6 is 11.5 Å². The Morgan fingerprint density at radius 1 is 1.50 bits per heavy atom. The van der Waals surface area contributed by atoms with Crippen LogP contribution < -0.4 is 0 Å². The van der Waals surface area contributed by atoms with E-state index in [2.05, 4.69) is 21.4 Å². The molecule has 0 aliphatic rings. The highest BCUT2D eigenvalue weighted by atomic mass is 32.1. The summed E-state index contributed by atoms with van der Waals surface area (Å²) >= 11 is 1.08. The molecule has 1 N–H and O–H groups in total. The highest BCUT2D eigenvalue weighted by Gasteiger charge is 2.14. The van der Waals surface area contributed by atoms with Gasteiger partial charge in [-0.25, -0.2) is 0 Å². The van der Waals surface area contributed by atoms with Gasteiger partial charge in [-0.1, -0.05) is 28.5 Å². The number of hydrogen-bond acceptors (Lipinski definition) is 5. The van der Waals surface area contributed by atoms with Crippen molar-refractivity contribution < 1.29 is 9.90 Å². The Balaban J connectivity index is 2.08. The Kier molecular flexibility index (Phi) is 4.82. The first kappa shape index (κ1) is 14.2. The average Bonchev–Trinajstić information content (AvgIpc) is 2.98. The summed E-state index contributed by atoms with van der Waals surface area (Å²) in [6, 6.07) is 7.57. The standard InChI is InChI=1S/C14H13N3O2S/c1-17(14(19)13-9-15-16-20-13)10-12-5-2-4-11(8-12)6-3-7-18/h2,4-5,8-9,18H,7,10H2,1H3. The van der Waals surface area contributed by atoms with Crippen molar-refractivity contribution in [1.29, 1.82) is 0 Å². The molecule has 0 bridgehead atoms. The number of carbonyl (C=O) groups is 1. The number of aliphatic hydroxyl groups is 1. The lowest BCUT2D eigenvalue weighted by molar-refractivity contribution is 0.0789. The summed E-state index contributed by atoms with van der Waals surface area (Å²) in [5.74, 6) is 5.34. The van der Waals surface area contributed by atoms with Crippen LogP contribution in [0.4, 0.5) is 0 Å². The van der Waals surface area contributed by atoms with Crippen LogP contribution in [0.25, 0.3) is 0 Å². The van der Waals surface area contributed by atoms with E-state index in [1.807, 2.05) is 24.3 Å². The molecular formula is C14H13N3O2S. The van der Waals surface area contributed by atoms with Crippen molar-refractivity contribution in [2.45, 2.75) is 6.54 Å². The summed E-state index contributed by atoms with van der Waals surface area (Å²) in [7, 11) is 1.73. The first-order valence-corrected chi connectivity index (χ1v) is 6.69. The summed E-state index contributed by atoms with van der Waals surface area (Å²) < 4.78 is 3.68. The van der Waals surface area contributed by atoms with Crippen LogP contribution in [-0.2, 0) is 6.54 Å². The van der Waals surface area contributed by atoms with Gasteiger partial charge >= 0.3 is 0 Å². The monoisotopic (exact) mass is 287 g/mol. The summed E-state index contributed by atoms with van der Waals surface area (Å²) in [6.45, 7) is 0.312. The molecule has 0 atom stereocenters. The zero-order valence-electron chi connectivity index (χ0n) is 10.9. The molecule has 5 nitrogen and oxygen atoms in total. The molecule has 2 rings (SSSR count). The largest absolute Gasteiger partial charge is 0.384 e. The molecule has 1 heterocycles. The minimum atomic E-state index is -0.166. The van der Waals surface area contributed by atoms with Crippen LogP contribution in [0.15, 0.2) is 30.5 Å². The van der Waals surface area contributed by atoms with Gasteiger partial charge in [0.1, 0.15) is 11.5 Å². The van der Waals surface area contributed by atoms with Crippen LogP contribution in [0, 0.1) is 11.8 Å². The van der Waals surface area contributed by atoms with Crippen molar-refractivity contribution >= 4 is 17.4 Å². The second kappa shape index (κ2) is 6.80. The molecule has 1 amide bonds. The SMILES string of the molecule is CN(Cc1cccc(C#CCO)c1)C(=O)c1cnns1. The fraction of sp³-hybridized carbons (Fsp3) is 0.214. The predicted molar refractivity (Wildman–Crippen MR) is 76.1 cm³/mol. The molecule has 102 valence electrons. The van der Waals surface area contributed by atoms with E-state index in [-0.39, 0.29) is 12.5 Å². The molecule has 0 aliphatic carbocycles. The third-order valence-electron chi connectivity index (χ3n) is 2.58. The third-order valence-corrected chi connectivity index (χ3v) is 3.23. The maximum Gasteiger partial charge on any atom is 0.267 e. The van der Waals surface area contributed by atoms with E-state index < -0.39 is 0 Å². The topological polar surface area (TPSA) is 66.3 Å². The second-order valence-corrected chi connectivity index (χ2v) is 4.89. The van der Waals surface area contributed by atoms with Gasteiger partial charge in [0.2, 0.25) is 0 Å². The molecule has 0 unspecified atom stereocenters. The van der Waals surface area contributed by atoms with E-state index >= 15 is 0 Å². The molecule has 0 spiro atoms. The summed E-state index contributed by atoms with van der Waals surface area (Å²) in [4.78, 5) is 14.2. The Labute approximate surface area is 121 Å². The van der Waals surface area contributed by atoms with Gasteiger partial charge in [-0.3, -0.25) is 4.79 Å². The lowest BCUT2D eigenvalue weighted by atomic mass is 10.1. The van der Waals surface area contributed by atoms with E-state index in [0.29, 0.717) is 11.4 Å². The highest BCUT2D eigenvalue weighted by molar-refractivity contribution is 7.07. The first-order valence-electron chi connectivity index (χ1n) is 5.92. The zero-order chi connectivity index (χ0) is 14.4. The van der Waals surface area contributed by atoms with Crippen LogP contribution in [-0.4, -0.2) is 39.2 Å². The number of nitrogens with zero attached hydrogens (tertiary/aromatic N) is 3. The van der Waals surface area contributed by atoms with Crippen molar-refractivity contribution in [3.8, 4) is 11.8 Å². The van der Waals surface area contributed by atoms with E-state index in [0.717, 1.165) is 22.7 Å². The van der Waals surface area contributed by atoms with Gasteiger partial charge in [-0.05, 0) is 29.2 Å². The van der Waals surface area contributed by atoms with Crippen molar-refractivity contribution in [3.63, 3.8) is 0 Å². The Morgan fingerprint density at radius 3 is 3.05 bits per heavy atom. The zero-order valence-corrected chi connectivity index (χ0v) is 11.7. The number of aliphatic hydroxyl groups excluding tert-OH is 1. The smallest absolute Gasteiger partial charge is 0.267 e. The maximum atomic E-state index is 12.1. The number of amides is 1. The molecule has 1 aromatic heterocycles. The van der Waals surface area contributed by atoms with Gasteiger partial charge in [-0.2, -0.15) is 0 Å². The van der Waals surface area contributed by atoms with Gasteiger partial charge in [-0.15, -0.1) is 5.10 Å². The summed E-state index contributed by atoms with van der Waals surface area (Å²) in [6.07, 6.45) is 1.46. The molecule has 0 aliphatic heterocycles. The summed E-state index contributed by atoms with van der Waals surface area (Å²) in [5.41, 5.74) is 1.79. The van der Waals surface area contributed by atoms with Crippen molar-refractivity contribution in [1.82, 2.24) is 14.5 Å². The quantitative estimate of drug-likeness (QED) is 0.860. The van der Waals surface area contributed by atoms with Gasteiger partial charge in [0.25, 0.3) is 5.91 Å². The van der Waals surface area contributed by atoms with Crippen LogP contribution in [0.3, 0.4) is 0 Å². The molecule has 20 heavy (non-hydrogen) atoms. The van der Waals surface area contributed by atoms with Crippen LogP contribution in [0.1, 0.15) is 20.8 Å². The Bertz CT molecular complexity index is 644. The third kappa shape index (κ3) is 3.63. The predicted octanol–water partition coefficient (Wildman–Crippen LogP) is 1.15. The van der Waals surface area contributed by atoms with Crippen molar-refractivity contribution in [3.05, 3.63) is 46.5 Å². The van der Waals surface area contributed by atoms with Crippen LogP contribution in [0.2, 0.25) is 0 Å². The minimum absolute atomic E-state index is 0.105. The number of rotatable bonds is 3. The molecule has 0 radical (unpaired) electrons. The number of aromatic nitrogens is 2. The molecule has 1 aromatic carbocycles. The lowest BCUT2D eigenvalue weighted by Gasteiger charge is -2.15. The molecule has 0 saturated carbocycles. The van der Waals surface area contributed by atoms with Gasteiger partial charge < -0.3 is 10.0 Å². The fourth-order valence-electron chi connectivity index (χ4n) is 1.68. The fourth-order valence-corrected chi connectivity index (χ4v) is 2.19. The van der Waals surface area contributed by atoms with Gasteiger partial charge in [0.15, 0.2) is 0 Å². The van der Waals surface area contributed by atoms with Gasteiger partial charge in [0, 0.05) is 19.2 Å². The normalized spacial score (nSPS) is 9.70. The minimum Gasteiger partial charge on any atom is -0.384 e. The Morgan fingerprint density at radius 2 is 2.35 bits per heavy atom. The number of hydrogen-bond donors (Lipinski definition) is 1. The highest BCUT2D eigenvalue weighted by Crippen LogP contribution is 2.11. The van der Waals surface area contributed by atoms with Crippen molar-refractivity contribution in [2.75, 3.05) is 13.7 Å². The number of carbonyl (C=O) groups excluding carboxylic acids is 1. The molecule has 0 saturated heterocycles. The second-order valence-electron chi connectivity index (χ2n) is 4.10. The van der Waals surface area contributed by atoms with Gasteiger partial charge in [0.05, 0.1) is 6.20 Å². The average molecular weight is 287 g/mol. The summed E-state index contributed by atoms with van der Waals surface area (Å²) in [5, 5.41) is 12.3. The van der Waals surface area contributed by atoms with Crippen LogP contribution in [0.5, 0.6) is 0 Å². The van der Waals surface area contributed by atoms with E-state index in [1.165, 1.54) is 6.20 Å². The molecule has 0 fully saturated rings. The Hall–Kier alpha value is -2.23. The van der Waals surface area contributed by atoms with E-state index in [4.69, 9.17) is 5.11 Å². The molecule has 6 heteroatoms. The van der Waals surface area contributed by atoms with Crippen molar-refractivity contribution in [2.24, 2.45) is 0 Å². The molecular weight excluding hydrogens is 274 g/mol. The van der Waals surface area contributed by atoms with E-state index in [1.54, 1.807) is 11.9 Å². The molecule has 2 aromatic rings. The number of benzene rings is 1. The van der Waals surface area contributed by atoms with E-state index in [9.17, 15) is 4.79 Å². The maximum absolute atomic E-state index is 12.1.